The van der Waals surface area contributed by atoms with E-state index < -0.39 is 0 Å². The van der Waals surface area contributed by atoms with Gasteiger partial charge >= 0.3 is 0 Å². The van der Waals surface area contributed by atoms with E-state index in [1.807, 2.05) is 12.1 Å². The van der Waals surface area contributed by atoms with Crippen molar-refractivity contribution in [2.45, 2.75) is 13.8 Å². The Morgan fingerprint density at radius 3 is 1.95 bits per heavy atom. The molecule has 3 rings (SSSR count). The van der Waals surface area contributed by atoms with Crippen LogP contribution in [0.15, 0.2) is 66.7 Å². The maximum atomic E-state index is 5.81. The molecule has 1 nitrogen and oxygen atoms in total. The highest BCUT2D eigenvalue weighted by molar-refractivity contribution is 5.87. The second kappa shape index (κ2) is 5.45. The van der Waals surface area contributed by atoms with E-state index in [2.05, 4.69) is 68.4 Å². The molecule has 0 saturated carbocycles. The summed E-state index contributed by atoms with van der Waals surface area (Å²) in [5.74, 6) is 0. The van der Waals surface area contributed by atoms with E-state index in [4.69, 9.17) is 5.73 Å². The van der Waals surface area contributed by atoms with Gasteiger partial charge in [-0.1, -0.05) is 54.6 Å². The molecular formula is C20H19N. The van der Waals surface area contributed by atoms with Gasteiger partial charge in [0.25, 0.3) is 0 Å². The first kappa shape index (κ1) is 13.4. The monoisotopic (exact) mass is 273 g/mol. The lowest BCUT2D eigenvalue weighted by molar-refractivity contribution is 1.40. The SMILES string of the molecule is Cc1ccccc1-c1c(C)cccc1-c1ccc(N)cc1. The molecular weight excluding hydrogens is 254 g/mol. The van der Waals surface area contributed by atoms with E-state index in [1.54, 1.807) is 0 Å². The zero-order chi connectivity index (χ0) is 14.8. The lowest BCUT2D eigenvalue weighted by Crippen LogP contribution is -1.92. The third-order valence-corrected chi connectivity index (χ3v) is 3.91. The summed E-state index contributed by atoms with van der Waals surface area (Å²) >= 11 is 0. The Labute approximate surface area is 126 Å². The van der Waals surface area contributed by atoms with E-state index in [-0.39, 0.29) is 0 Å². The first-order chi connectivity index (χ1) is 10.2. The van der Waals surface area contributed by atoms with Crippen LogP contribution in [-0.4, -0.2) is 0 Å². The Balaban J connectivity index is 2.26. The third-order valence-electron chi connectivity index (χ3n) is 3.91. The lowest BCUT2D eigenvalue weighted by atomic mass is 9.89. The van der Waals surface area contributed by atoms with Gasteiger partial charge in [0.1, 0.15) is 0 Å². The predicted molar refractivity (Wildman–Crippen MR) is 91.2 cm³/mol. The van der Waals surface area contributed by atoms with Crippen molar-refractivity contribution in [3.63, 3.8) is 0 Å². The average Bonchev–Trinajstić information content (AvgIpc) is 2.49. The number of nitrogens with two attached hydrogens (primary N) is 1. The molecule has 0 radical (unpaired) electrons. The van der Waals surface area contributed by atoms with Crippen LogP contribution in [0.2, 0.25) is 0 Å². The summed E-state index contributed by atoms with van der Waals surface area (Å²) in [6.45, 7) is 4.33. The van der Waals surface area contributed by atoms with Crippen LogP contribution >= 0.6 is 0 Å². The molecule has 0 spiro atoms. The Morgan fingerprint density at radius 2 is 1.24 bits per heavy atom. The van der Waals surface area contributed by atoms with Crippen LogP contribution in [0.25, 0.3) is 22.3 Å². The van der Waals surface area contributed by atoms with Gasteiger partial charge in [-0.15, -0.1) is 0 Å². The summed E-state index contributed by atoms with van der Waals surface area (Å²) in [6, 6.07) is 23.1. The Hall–Kier alpha value is -2.54. The zero-order valence-corrected chi connectivity index (χ0v) is 12.4. The molecule has 0 aromatic heterocycles. The van der Waals surface area contributed by atoms with Crippen LogP contribution < -0.4 is 5.73 Å². The first-order valence-electron chi connectivity index (χ1n) is 7.18. The van der Waals surface area contributed by atoms with Gasteiger partial charge in [-0.3, -0.25) is 0 Å². The van der Waals surface area contributed by atoms with Gasteiger partial charge in [-0.2, -0.15) is 0 Å². The highest BCUT2D eigenvalue weighted by Crippen LogP contribution is 2.36. The molecule has 0 fully saturated rings. The van der Waals surface area contributed by atoms with Crippen molar-refractivity contribution < 1.29 is 0 Å². The van der Waals surface area contributed by atoms with Crippen LogP contribution in [0.3, 0.4) is 0 Å². The van der Waals surface area contributed by atoms with Crippen LogP contribution in [-0.2, 0) is 0 Å². The van der Waals surface area contributed by atoms with Gasteiger partial charge in [0, 0.05) is 5.69 Å². The predicted octanol–water partition coefficient (Wildman–Crippen LogP) is 5.22. The van der Waals surface area contributed by atoms with Crippen LogP contribution in [0.1, 0.15) is 11.1 Å². The molecule has 0 aliphatic carbocycles. The van der Waals surface area contributed by atoms with Crippen molar-refractivity contribution in [2.75, 3.05) is 5.73 Å². The van der Waals surface area contributed by atoms with Gasteiger partial charge in [0.15, 0.2) is 0 Å². The highest BCUT2D eigenvalue weighted by Gasteiger charge is 2.11. The largest absolute Gasteiger partial charge is 0.399 e. The topological polar surface area (TPSA) is 26.0 Å². The fourth-order valence-electron chi connectivity index (χ4n) is 2.78. The average molecular weight is 273 g/mol. The van der Waals surface area contributed by atoms with Crippen LogP contribution in [0.4, 0.5) is 5.69 Å². The second-order valence-electron chi connectivity index (χ2n) is 5.43. The van der Waals surface area contributed by atoms with E-state index in [0.29, 0.717) is 0 Å². The maximum Gasteiger partial charge on any atom is 0.0314 e. The van der Waals surface area contributed by atoms with Gasteiger partial charge in [0.2, 0.25) is 0 Å². The Kier molecular flexibility index (Phi) is 3.49. The molecule has 0 atom stereocenters. The highest BCUT2D eigenvalue weighted by atomic mass is 14.5. The van der Waals surface area contributed by atoms with E-state index in [9.17, 15) is 0 Å². The summed E-state index contributed by atoms with van der Waals surface area (Å²) in [6.07, 6.45) is 0. The van der Waals surface area contributed by atoms with Crippen molar-refractivity contribution in [1.82, 2.24) is 0 Å². The van der Waals surface area contributed by atoms with Gasteiger partial charge in [0.05, 0.1) is 0 Å². The smallest absolute Gasteiger partial charge is 0.0314 e. The number of benzene rings is 3. The Bertz CT molecular complexity index is 770. The van der Waals surface area contributed by atoms with Crippen molar-refractivity contribution in [3.8, 4) is 22.3 Å². The number of anilines is 1. The molecule has 3 aromatic rings. The maximum absolute atomic E-state index is 5.81. The van der Waals surface area contributed by atoms with E-state index in [1.165, 1.54) is 33.4 Å². The number of aryl methyl sites for hydroxylation is 2. The molecule has 104 valence electrons. The molecule has 0 amide bonds. The Morgan fingerprint density at radius 1 is 0.619 bits per heavy atom. The van der Waals surface area contributed by atoms with Crippen molar-refractivity contribution >= 4 is 5.69 Å². The minimum atomic E-state index is 0.795. The standard InChI is InChI=1S/C20H19N/c1-14-6-3-4-8-18(14)20-15(2)7-5-9-19(20)16-10-12-17(21)13-11-16/h3-13H,21H2,1-2H3. The summed E-state index contributed by atoms with van der Waals surface area (Å²) in [4.78, 5) is 0. The van der Waals surface area contributed by atoms with Crippen LogP contribution in [0.5, 0.6) is 0 Å². The lowest BCUT2D eigenvalue weighted by Gasteiger charge is -2.15. The summed E-state index contributed by atoms with van der Waals surface area (Å²) < 4.78 is 0. The first-order valence-corrected chi connectivity index (χ1v) is 7.18. The molecule has 0 saturated heterocycles. The molecule has 1 heteroatoms. The fourth-order valence-corrected chi connectivity index (χ4v) is 2.78. The van der Waals surface area contributed by atoms with Crippen LogP contribution in [0, 0.1) is 13.8 Å². The van der Waals surface area contributed by atoms with E-state index in [0.717, 1.165) is 5.69 Å². The van der Waals surface area contributed by atoms with Crippen molar-refractivity contribution in [2.24, 2.45) is 0 Å². The number of nitrogen functional groups attached to an aromatic ring is 1. The van der Waals surface area contributed by atoms with E-state index >= 15 is 0 Å². The second-order valence-corrected chi connectivity index (χ2v) is 5.43. The molecule has 3 aromatic carbocycles. The number of hydrogen-bond donors (Lipinski definition) is 1. The molecule has 0 aliphatic heterocycles. The quantitative estimate of drug-likeness (QED) is 0.636. The van der Waals surface area contributed by atoms with Gasteiger partial charge < -0.3 is 5.73 Å². The van der Waals surface area contributed by atoms with Crippen molar-refractivity contribution in [1.29, 1.82) is 0 Å². The summed E-state index contributed by atoms with van der Waals surface area (Å²) in [5.41, 5.74) is 14.2. The number of rotatable bonds is 2. The van der Waals surface area contributed by atoms with Gasteiger partial charge in [-0.25, -0.2) is 0 Å². The zero-order valence-electron chi connectivity index (χ0n) is 12.4. The molecule has 0 bridgehead atoms. The normalized spacial score (nSPS) is 10.6. The summed E-state index contributed by atoms with van der Waals surface area (Å²) in [7, 11) is 0. The van der Waals surface area contributed by atoms with Gasteiger partial charge in [-0.05, 0) is 59.4 Å². The fraction of sp³-hybridized carbons (Fsp3) is 0.100. The minimum Gasteiger partial charge on any atom is -0.399 e. The third kappa shape index (κ3) is 2.55. The molecule has 0 unspecified atom stereocenters. The minimum absolute atomic E-state index is 0.795. The molecule has 0 heterocycles. The molecule has 21 heavy (non-hydrogen) atoms. The van der Waals surface area contributed by atoms with Crippen molar-refractivity contribution in [3.05, 3.63) is 77.9 Å². The molecule has 0 aliphatic rings. The number of hydrogen-bond acceptors (Lipinski definition) is 1. The molecule has 2 N–H and O–H groups in total. The summed E-state index contributed by atoms with van der Waals surface area (Å²) in [5, 5.41) is 0.